The summed E-state index contributed by atoms with van der Waals surface area (Å²) in [5.74, 6) is -0.482. The first-order valence-electron chi connectivity index (χ1n) is 9.49. The maximum atomic E-state index is 13.3. The van der Waals surface area contributed by atoms with Gasteiger partial charge in [-0.05, 0) is 48.4 Å². The molecule has 3 N–H and O–H groups in total. The van der Waals surface area contributed by atoms with Crippen molar-refractivity contribution in [2.24, 2.45) is 0 Å². The molecule has 0 aliphatic carbocycles. The summed E-state index contributed by atoms with van der Waals surface area (Å²) >= 11 is 0. The minimum absolute atomic E-state index is 0.238. The fourth-order valence-corrected chi connectivity index (χ4v) is 3.07. The number of amides is 1. The Morgan fingerprint density at radius 3 is 2.60 bits per heavy atom. The van der Waals surface area contributed by atoms with E-state index in [0.29, 0.717) is 35.6 Å². The number of hydrogen-bond acceptors (Lipinski definition) is 4. The van der Waals surface area contributed by atoms with Crippen molar-refractivity contribution in [3.8, 4) is 11.3 Å². The lowest BCUT2D eigenvalue weighted by atomic mass is 10.1. The Hall–Kier alpha value is -4.00. The van der Waals surface area contributed by atoms with Gasteiger partial charge < -0.3 is 11.1 Å². The number of benzene rings is 3. The van der Waals surface area contributed by atoms with E-state index >= 15 is 0 Å². The molecule has 0 saturated heterocycles. The van der Waals surface area contributed by atoms with E-state index in [9.17, 15) is 9.18 Å². The molecule has 0 aliphatic rings. The third kappa shape index (κ3) is 4.52. The number of carbonyl (C=O) groups is 1. The molecular weight excluding hydrogens is 381 g/mol. The Morgan fingerprint density at radius 2 is 1.83 bits per heavy atom. The van der Waals surface area contributed by atoms with Crippen LogP contribution in [0.3, 0.4) is 0 Å². The largest absolute Gasteiger partial charge is 0.397 e. The number of rotatable bonds is 6. The van der Waals surface area contributed by atoms with Crippen LogP contribution in [-0.4, -0.2) is 20.9 Å². The van der Waals surface area contributed by atoms with E-state index in [1.807, 2.05) is 36.5 Å². The highest BCUT2D eigenvalue weighted by molar-refractivity contribution is 6.05. The number of halogens is 1. The summed E-state index contributed by atoms with van der Waals surface area (Å²) < 4.78 is 15.0. The molecule has 0 radical (unpaired) electrons. The zero-order valence-corrected chi connectivity index (χ0v) is 16.1. The molecule has 30 heavy (non-hydrogen) atoms. The highest BCUT2D eigenvalue weighted by Gasteiger charge is 2.10. The predicted molar refractivity (Wildman–Crippen MR) is 114 cm³/mol. The summed E-state index contributed by atoms with van der Waals surface area (Å²) in [5, 5.41) is 11.1. The summed E-state index contributed by atoms with van der Waals surface area (Å²) in [5.41, 5.74) is 9.93. The number of nitrogens with two attached hydrogens (primary N) is 1. The molecule has 7 heteroatoms. The van der Waals surface area contributed by atoms with E-state index in [1.165, 1.54) is 12.1 Å². The van der Waals surface area contributed by atoms with Gasteiger partial charge in [0, 0.05) is 17.7 Å². The first-order chi connectivity index (χ1) is 14.6. The van der Waals surface area contributed by atoms with Crippen molar-refractivity contribution in [1.82, 2.24) is 15.0 Å². The molecular formula is C23H20FN5O. The van der Waals surface area contributed by atoms with Crippen LogP contribution in [0.25, 0.3) is 11.3 Å². The molecule has 0 unspecified atom stereocenters. The van der Waals surface area contributed by atoms with Gasteiger partial charge in [-0.25, -0.2) is 4.39 Å². The van der Waals surface area contributed by atoms with Gasteiger partial charge in [-0.2, -0.15) is 0 Å². The van der Waals surface area contributed by atoms with E-state index in [-0.39, 0.29) is 11.7 Å². The van der Waals surface area contributed by atoms with Gasteiger partial charge in [0.25, 0.3) is 5.91 Å². The number of para-hydroxylation sites is 2. The van der Waals surface area contributed by atoms with E-state index in [0.717, 1.165) is 11.1 Å². The van der Waals surface area contributed by atoms with Crippen molar-refractivity contribution in [3.63, 3.8) is 0 Å². The molecule has 0 spiro atoms. The number of nitrogens with zero attached hydrogens (tertiary/aromatic N) is 3. The van der Waals surface area contributed by atoms with Crippen molar-refractivity contribution in [2.75, 3.05) is 11.1 Å². The van der Waals surface area contributed by atoms with Crippen LogP contribution < -0.4 is 11.1 Å². The van der Waals surface area contributed by atoms with Crippen LogP contribution in [0.2, 0.25) is 0 Å². The molecule has 0 aliphatic heterocycles. The van der Waals surface area contributed by atoms with Crippen LogP contribution in [-0.2, 0) is 13.0 Å². The minimum Gasteiger partial charge on any atom is -0.397 e. The smallest absolute Gasteiger partial charge is 0.255 e. The van der Waals surface area contributed by atoms with Crippen LogP contribution in [0.1, 0.15) is 15.9 Å². The fraction of sp³-hybridized carbons (Fsp3) is 0.0870. The number of aromatic nitrogens is 3. The summed E-state index contributed by atoms with van der Waals surface area (Å²) in [6.07, 6.45) is 2.49. The lowest BCUT2D eigenvalue weighted by Gasteiger charge is -2.08. The normalized spacial score (nSPS) is 10.7. The quantitative estimate of drug-likeness (QED) is 0.475. The fourth-order valence-electron chi connectivity index (χ4n) is 3.07. The monoisotopic (exact) mass is 401 g/mol. The van der Waals surface area contributed by atoms with Crippen LogP contribution >= 0.6 is 0 Å². The van der Waals surface area contributed by atoms with Crippen LogP contribution in [0.5, 0.6) is 0 Å². The third-order valence-electron chi connectivity index (χ3n) is 4.71. The van der Waals surface area contributed by atoms with Gasteiger partial charge in [-0.3, -0.25) is 9.48 Å². The summed E-state index contributed by atoms with van der Waals surface area (Å²) in [4.78, 5) is 12.4. The summed E-state index contributed by atoms with van der Waals surface area (Å²) in [6, 6.07) is 20.7. The molecule has 0 saturated carbocycles. The Labute approximate surface area is 173 Å². The van der Waals surface area contributed by atoms with Crippen LogP contribution in [0.4, 0.5) is 15.8 Å². The Morgan fingerprint density at radius 1 is 1.03 bits per heavy atom. The second kappa shape index (κ2) is 8.57. The average Bonchev–Trinajstić information content (AvgIpc) is 3.23. The molecule has 0 fully saturated rings. The number of carbonyl (C=O) groups excluding carboxylic acids is 1. The average molecular weight is 401 g/mol. The zero-order chi connectivity index (χ0) is 20.9. The van der Waals surface area contributed by atoms with Gasteiger partial charge in [0.2, 0.25) is 0 Å². The van der Waals surface area contributed by atoms with Crippen molar-refractivity contribution in [2.45, 2.75) is 13.0 Å². The lowest BCUT2D eigenvalue weighted by Crippen LogP contribution is -2.12. The zero-order valence-electron chi connectivity index (χ0n) is 16.1. The number of hydrogen-bond donors (Lipinski definition) is 2. The van der Waals surface area contributed by atoms with Crippen molar-refractivity contribution >= 4 is 17.3 Å². The number of nitrogens with one attached hydrogen (secondary N) is 1. The van der Waals surface area contributed by atoms with E-state index < -0.39 is 0 Å². The molecule has 3 aromatic carbocycles. The molecule has 6 nitrogen and oxygen atoms in total. The topological polar surface area (TPSA) is 85.8 Å². The highest BCUT2D eigenvalue weighted by atomic mass is 19.1. The van der Waals surface area contributed by atoms with Crippen LogP contribution in [0.15, 0.2) is 79.0 Å². The predicted octanol–water partition coefficient (Wildman–Crippen LogP) is 4.16. The second-order valence-electron chi connectivity index (χ2n) is 6.87. The highest BCUT2D eigenvalue weighted by Crippen LogP contribution is 2.20. The first-order valence-corrected chi connectivity index (χ1v) is 9.49. The number of nitrogen functional groups attached to an aromatic ring is 1. The molecule has 1 amide bonds. The maximum Gasteiger partial charge on any atom is 0.255 e. The van der Waals surface area contributed by atoms with Crippen LogP contribution in [0, 0.1) is 5.82 Å². The molecule has 1 aromatic heterocycles. The van der Waals surface area contributed by atoms with Gasteiger partial charge >= 0.3 is 0 Å². The third-order valence-corrected chi connectivity index (χ3v) is 4.71. The summed E-state index contributed by atoms with van der Waals surface area (Å²) in [7, 11) is 0. The number of anilines is 2. The SMILES string of the molecule is Nc1ccccc1NC(=O)c1ccc(-c2cn(CCc3cccc(F)c3)nn2)cc1. The van der Waals surface area contributed by atoms with Crippen molar-refractivity contribution in [1.29, 1.82) is 0 Å². The molecule has 0 atom stereocenters. The lowest BCUT2D eigenvalue weighted by molar-refractivity contribution is 0.102. The Kier molecular flexibility index (Phi) is 5.52. The molecule has 4 aromatic rings. The van der Waals surface area contributed by atoms with Crippen molar-refractivity contribution < 1.29 is 9.18 Å². The molecule has 4 rings (SSSR count). The molecule has 150 valence electrons. The Bertz CT molecular complexity index is 1170. The molecule has 1 heterocycles. The minimum atomic E-state index is -0.245. The summed E-state index contributed by atoms with van der Waals surface area (Å²) in [6.45, 7) is 0.593. The van der Waals surface area contributed by atoms with Gasteiger partial charge in [0.15, 0.2) is 0 Å². The van der Waals surface area contributed by atoms with Gasteiger partial charge in [0.1, 0.15) is 11.5 Å². The van der Waals surface area contributed by atoms with E-state index in [2.05, 4.69) is 15.6 Å². The van der Waals surface area contributed by atoms with Gasteiger partial charge in [-0.15, -0.1) is 5.10 Å². The first kappa shape index (κ1) is 19.3. The standard InChI is InChI=1S/C23H20FN5O/c24-19-5-3-4-16(14-19)12-13-29-15-22(27-28-29)17-8-10-18(11-9-17)23(30)26-21-7-2-1-6-20(21)25/h1-11,14-15H,12-13,25H2,(H,26,30). The van der Waals surface area contributed by atoms with Gasteiger partial charge in [-0.1, -0.05) is 41.6 Å². The van der Waals surface area contributed by atoms with E-state index in [4.69, 9.17) is 5.73 Å². The maximum absolute atomic E-state index is 13.3. The van der Waals surface area contributed by atoms with Crippen molar-refractivity contribution in [3.05, 3.63) is 95.9 Å². The Balaban J connectivity index is 1.40. The second-order valence-corrected chi connectivity index (χ2v) is 6.87. The van der Waals surface area contributed by atoms with E-state index in [1.54, 1.807) is 35.0 Å². The number of aryl methyl sites for hydroxylation is 2. The molecule has 0 bridgehead atoms. The van der Waals surface area contributed by atoms with Gasteiger partial charge in [0.05, 0.1) is 17.6 Å².